The fourth-order valence-corrected chi connectivity index (χ4v) is 3.49. The number of nitrogens with one attached hydrogen (secondary N) is 1. The minimum absolute atomic E-state index is 0.0245. The van der Waals surface area contributed by atoms with Crippen LogP contribution in [0.3, 0.4) is 0 Å². The third kappa shape index (κ3) is 3.65. The molecule has 0 fully saturated rings. The quantitative estimate of drug-likeness (QED) is 0.839. The molecule has 1 amide bonds. The summed E-state index contributed by atoms with van der Waals surface area (Å²) in [5.74, 6) is 0.508. The summed E-state index contributed by atoms with van der Waals surface area (Å²) in [7, 11) is -3.42. The molecule has 1 aromatic carbocycles. The van der Waals surface area contributed by atoms with E-state index in [1.165, 1.54) is 5.01 Å². The topological polar surface area (TPSA) is 92.0 Å². The predicted octanol–water partition coefficient (Wildman–Crippen LogP) is 3.13. The van der Waals surface area contributed by atoms with Gasteiger partial charge in [-0.3, -0.25) is 9.52 Å². The summed E-state index contributed by atoms with van der Waals surface area (Å²) >= 11 is 0. The van der Waals surface area contributed by atoms with Gasteiger partial charge in [-0.2, -0.15) is 5.10 Å². The largest absolute Gasteiger partial charge is 0.467 e. The Morgan fingerprint density at radius 2 is 2.04 bits per heavy atom. The van der Waals surface area contributed by atoms with E-state index in [0.29, 0.717) is 35.6 Å². The average Bonchev–Trinajstić information content (AvgIpc) is 3.30. The molecule has 1 atom stereocenters. The molecule has 138 valence electrons. The van der Waals surface area contributed by atoms with Gasteiger partial charge in [-0.25, -0.2) is 13.4 Å². The van der Waals surface area contributed by atoms with Gasteiger partial charge in [0.25, 0.3) is 0 Å². The number of anilines is 1. The molecule has 2 aromatic rings. The first-order valence-corrected chi connectivity index (χ1v) is 10.1. The second-order valence-electron chi connectivity index (χ2n) is 5.92. The first-order valence-electron chi connectivity index (χ1n) is 8.48. The number of carbonyl (C=O) groups is 1. The highest BCUT2D eigenvalue weighted by Crippen LogP contribution is 2.35. The maximum atomic E-state index is 12.3. The maximum Gasteiger partial charge on any atom is 0.243 e. The van der Waals surface area contributed by atoms with Crippen LogP contribution in [0.5, 0.6) is 0 Å². The van der Waals surface area contributed by atoms with Gasteiger partial charge >= 0.3 is 0 Å². The van der Waals surface area contributed by atoms with E-state index in [9.17, 15) is 13.2 Å². The van der Waals surface area contributed by atoms with Gasteiger partial charge in [0.05, 0.1) is 23.4 Å². The maximum absolute atomic E-state index is 12.3. The Labute approximate surface area is 152 Å². The van der Waals surface area contributed by atoms with Crippen molar-refractivity contribution in [1.29, 1.82) is 0 Å². The van der Waals surface area contributed by atoms with Crippen LogP contribution < -0.4 is 4.72 Å². The molecular formula is C18H21N3O4S. The molecule has 26 heavy (non-hydrogen) atoms. The minimum atomic E-state index is -3.42. The summed E-state index contributed by atoms with van der Waals surface area (Å²) in [6, 6.07) is 10.3. The van der Waals surface area contributed by atoms with Crippen LogP contribution in [0.2, 0.25) is 0 Å². The van der Waals surface area contributed by atoms with Crippen molar-refractivity contribution in [2.75, 3.05) is 10.5 Å². The van der Waals surface area contributed by atoms with Crippen molar-refractivity contribution in [2.24, 2.45) is 5.10 Å². The highest BCUT2D eigenvalue weighted by Gasteiger charge is 2.34. The molecule has 1 unspecified atom stereocenters. The highest BCUT2D eigenvalue weighted by atomic mass is 32.2. The Bertz CT molecular complexity index is 920. The number of carbonyl (C=O) groups excluding carboxylic acids is 1. The molecule has 0 saturated heterocycles. The number of hydrazone groups is 1. The average molecular weight is 375 g/mol. The van der Waals surface area contributed by atoms with Crippen molar-refractivity contribution in [3.05, 3.63) is 54.0 Å². The number of benzene rings is 1. The molecule has 7 nitrogen and oxygen atoms in total. The third-order valence-corrected chi connectivity index (χ3v) is 5.51. The van der Waals surface area contributed by atoms with E-state index >= 15 is 0 Å². The van der Waals surface area contributed by atoms with Gasteiger partial charge in [-0.1, -0.05) is 25.1 Å². The second kappa shape index (κ2) is 7.33. The summed E-state index contributed by atoms with van der Waals surface area (Å²) in [6.45, 7) is 3.35. The smallest absolute Gasteiger partial charge is 0.243 e. The van der Waals surface area contributed by atoms with Gasteiger partial charge in [0.15, 0.2) is 0 Å². The first-order chi connectivity index (χ1) is 12.4. The minimum Gasteiger partial charge on any atom is -0.467 e. The number of furan rings is 1. The zero-order chi connectivity index (χ0) is 18.7. The van der Waals surface area contributed by atoms with E-state index < -0.39 is 10.0 Å². The third-order valence-electron chi connectivity index (χ3n) is 4.22. The molecule has 2 heterocycles. The van der Waals surface area contributed by atoms with Gasteiger partial charge < -0.3 is 4.42 Å². The van der Waals surface area contributed by atoms with E-state index in [4.69, 9.17) is 4.42 Å². The Morgan fingerprint density at radius 3 is 2.69 bits per heavy atom. The van der Waals surface area contributed by atoms with E-state index in [0.717, 1.165) is 0 Å². The lowest BCUT2D eigenvalue weighted by molar-refractivity contribution is -0.133. The van der Waals surface area contributed by atoms with Crippen LogP contribution in [0.15, 0.2) is 52.2 Å². The SMILES string of the molecule is CCC(=O)N1N=C(c2ccccc2NS(=O)(=O)CC)CC1c1ccco1. The summed E-state index contributed by atoms with van der Waals surface area (Å²) in [5.41, 5.74) is 1.76. The van der Waals surface area contributed by atoms with Crippen molar-refractivity contribution in [3.63, 3.8) is 0 Å². The van der Waals surface area contributed by atoms with Gasteiger partial charge in [-0.05, 0) is 25.1 Å². The zero-order valence-electron chi connectivity index (χ0n) is 14.7. The van der Waals surface area contributed by atoms with Gasteiger partial charge in [0.2, 0.25) is 15.9 Å². The number of para-hydroxylation sites is 1. The Balaban J connectivity index is 1.98. The molecule has 1 aliphatic rings. The van der Waals surface area contributed by atoms with Crippen LogP contribution in [-0.2, 0) is 14.8 Å². The Hall–Kier alpha value is -2.61. The molecule has 1 N–H and O–H groups in total. The van der Waals surface area contributed by atoms with Gasteiger partial charge in [0.1, 0.15) is 11.8 Å². The monoisotopic (exact) mass is 375 g/mol. The van der Waals surface area contributed by atoms with E-state index in [1.807, 2.05) is 12.1 Å². The second-order valence-corrected chi connectivity index (χ2v) is 7.94. The number of rotatable bonds is 6. The molecular weight excluding hydrogens is 354 g/mol. The van der Waals surface area contributed by atoms with Crippen LogP contribution in [0, 0.1) is 0 Å². The van der Waals surface area contributed by atoms with Crippen LogP contribution in [-0.4, -0.2) is 30.8 Å². The lowest BCUT2D eigenvalue weighted by Gasteiger charge is -2.18. The number of nitrogens with zero attached hydrogens (tertiary/aromatic N) is 2. The predicted molar refractivity (Wildman–Crippen MR) is 99.3 cm³/mol. The molecule has 1 aliphatic heterocycles. The number of sulfonamides is 1. The van der Waals surface area contributed by atoms with Gasteiger partial charge in [-0.15, -0.1) is 0 Å². The molecule has 1 aromatic heterocycles. The van der Waals surface area contributed by atoms with Gasteiger partial charge in [0, 0.05) is 18.4 Å². The van der Waals surface area contributed by atoms with Crippen LogP contribution in [0.4, 0.5) is 5.69 Å². The van der Waals surface area contributed by atoms with Crippen molar-refractivity contribution in [1.82, 2.24) is 5.01 Å². The number of amides is 1. The molecule has 0 bridgehead atoms. The first kappa shape index (κ1) is 18.2. The van der Waals surface area contributed by atoms with Crippen molar-refractivity contribution in [2.45, 2.75) is 32.7 Å². The van der Waals surface area contributed by atoms with E-state index in [2.05, 4.69) is 9.82 Å². The Kier molecular flexibility index (Phi) is 5.13. The van der Waals surface area contributed by atoms with Crippen LogP contribution in [0.25, 0.3) is 0 Å². The normalized spacial score (nSPS) is 17.2. The van der Waals surface area contributed by atoms with E-state index in [1.54, 1.807) is 44.4 Å². The molecule has 3 rings (SSSR count). The van der Waals surface area contributed by atoms with Crippen LogP contribution >= 0.6 is 0 Å². The van der Waals surface area contributed by atoms with Crippen molar-refractivity contribution < 1.29 is 17.6 Å². The standard InChI is InChI=1S/C18H21N3O4S/c1-3-18(22)21-16(17-10-7-11-25-17)12-15(19-21)13-8-5-6-9-14(13)20-26(23,24)4-2/h5-11,16,20H,3-4,12H2,1-2H3. The van der Waals surface area contributed by atoms with Crippen LogP contribution in [0.1, 0.15) is 44.1 Å². The zero-order valence-corrected chi connectivity index (χ0v) is 15.5. The fraction of sp³-hybridized carbons (Fsp3) is 0.333. The summed E-state index contributed by atoms with van der Waals surface area (Å²) in [4.78, 5) is 12.3. The lowest BCUT2D eigenvalue weighted by atomic mass is 10.0. The molecule has 8 heteroatoms. The summed E-state index contributed by atoms with van der Waals surface area (Å²) < 4.78 is 32.0. The lowest BCUT2D eigenvalue weighted by Crippen LogP contribution is -2.25. The summed E-state index contributed by atoms with van der Waals surface area (Å²) in [5, 5.41) is 5.92. The molecule has 0 saturated carbocycles. The summed E-state index contributed by atoms with van der Waals surface area (Å²) in [6.07, 6.45) is 2.33. The van der Waals surface area contributed by atoms with Crippen molar-refractivity contribution >= 4 is 27.3 Å². The number of hydrogen-bond donors (Lipinski definition) is 1. The molecule has 0 aliphatic carbocycles. The van der Waals surface area contributed by atoms with E-state index in [-0.39, 0.29) is 17.7 Å². The molecule has 0 radical (unpaired) electrons. The number of hydrogen-bond acceptors (Lipinski definition) is 5. The van der Waals surface area contributed by atoms with Crippen molar-refractivity contribution in [3.8, 4) is 0 Å². The highest BCUT2D eigenvalue weighted by molar-refractivity contribution is 7.92. The fourth-order valence-electron chi connectivity index (χ4n) is 2.83. The molecule has 0 spiro atoms. The Morgan fingerprint density at radius 1 is 1.27 bits per heavy atom.